The van der Waals surface area contributed by atoms with Gasteiger partial charge in [-0.05, 0) is 32.9 Å². The summed E-state index contributed by atoms with van der Waals surface area (Å²) in [5, 5.41) is 29.7. The molecule has 7 nitrogen and oxygen atoms in total. The summed E-state index contributed by atoms with van der Waals surface area (Å²) in [6.07, 6.45) is 0. The average molecular weight is 291 g/mol. The summed E-state index contributed by atoms with van der Waals surface area (Å²) < 4.78 is 1.57. The summed E-state index contributed by atoms with van der Waals surface area (Å²) in [7, 11) is 0. The molecule has 0 bridgehead atoms. The van der Waals surface area contributed by atoms with E-state index < -0.39 is 0 Å². The van der Waals surface area contributed by atoms with Crippen LogP contribution in [0, 0.1) is 32.1 Å². The van der Waals surface area contributed by atoms with Crippen LogP contribution in [0.3, 0.4) is 0 Å². The lowest BCUT2D eigenvalue weighted by Crippen LogP contribution is -2.02. The molecule has 0 unspecified atom stereocenters. The predicted molar refractivity (Wildman–Crippen MR) is 80.3 cm³/mol. The van der Waals surface area contributed by atoms with Crippen molar-refractivity contribution in [1.29, 1.82) is 5.26 Å². The highest BCUT2D eigenvalue weighted by Gasteiger charge is 2.15. The zero-order valence-corrected chi connectivity index (χ0v) is 12.4. The van der Waals surface area contributed by atoms with Gasteiger partial charge in [-0.15, -0.1) is 15.3 Å². The number of aryl methyl sites for hydroxylation is 3. The van der Waals surface area contributed by atoms with Gasteiger partial charge < -0.3 is 0 Å². The maximum atomic E-state index is 8.99. The Bertz CT molecular complexity index is 914. The van der Waals surface area contributed by atoms with Gasteiger partial charge in [0.25, 0.3) is 0 Å². The fourth-order valence-electron chi connectivity index (χ4n) is 2.04. The number of hydrogen-bond acceptors (Lipinski definition) is 6. The van der Waals surface area contributed by atoms with Crippen molar-refractivity contribution in [3.63, 3.8) is 0 Å². The molecule has 3 aromatic rings. The zero-order valence-electron chi connectivity index (χ0n) is 12.4. The van der Waals surface area contributed by atoms with Crippen LogP contribution in [0.15, 0.2) is 34.5 Å². The van der Waals surface area contributed by atoms with Crippen LogP contribution in [0.4, 0.5) is 11.4 Å². The second kappa shape index (κ2) is 5.33. The van der Waals surface area contributed by atoms with Crippen LogP contribution in [-0.4, -0.2) is 19.8 Å². The molecule has 22 heavy (non-hydrogen) atoms. The lowest BCUT2D eigenvalue weighted by molar-refractivity contribution is 0.829. The first-order chi connectivity index (χ1) is 10.6. The largest absolute Gasteiger partial charge is 0.213 e. The van der Waals surface area contributed by atoms with Crippen molar-refractivity contribution in [2.24, 2.45) is 10.2 Å². The Morgan fingerprint density at radius 2 is 1.77 bits per heavy atom. The summed E-state index contributed by atoms with van der Waals surface area (Å²) in [6.45, 7) is 5.61. The first-order valence-corrected chi connectivity index (χ1v) is 6.71. The number of nitrogens with zero attached hydrogens (tertiary/aromatic N) is 7. The van der Waals surface area contributed by atoms with Crippen LogP contribution in [0.25, 0.3) is 5.65 Å². The SMILES string of the molecule is Cc1ccc(N=Nc2c(C)nn3c(C)c(C#N)nnc23)cc1. The molecule has 0 N–H and O–H groups in total. The summed E-state index contributed by atoms with van der Waals surface area (Å²) in [4.78, 5) is 0. The summed E-state index contributed by atoms with van der Waals surface area (Å²) in [5.41, 5.74) is 4.53. The lowest BCUT2D eigenvalue weighted by atomic mass is 10.2. The van der Waals surface area contributed by atoms with Crippen LogP contribution >= 0.6 is 0 Å². The third-order valence-electron chi connectivity index (χ3n) is 3.32. The summed E-state index contributed by atoms with van der Waals surface area (Å²) in [5.74, 6) is 0. The molecule has 2 aromatic heterocycles. The van der Waals surface area contributed by atoms with E-state index in [2.05, 4.69) is 25.5 Å². The standard InChI is InChI=1S/C15H13N7/c1-9-4-6-12(7-5-9)17-19-14-10(2)21-22-11(3)13(8-16)18-20-15(14)22/h4-7H,1-3H3. The van der Waals surface area contributed by atoms with Crippen LogP contribution in [0.5, 0.6) is 0 Å². The van der Waals surface area contributed by atoms with Gasteiger partial charge in [-0.3, -0.25) is 0 Å². The number of nitriles is 1. The molecular weight excluding hydrogens is 278 g/mol. The first kappa shape index (κ1) is 13.8. The Morgan fingerprint density at radius 1 is 1.05 bits per heavy atom. The second-order valence-electron chi connectivity index (χ2n) is 4.95. The fourth-order valence-corrected chi connectivity index (χ4v) is 2.04. The molecule has 0 saturated heterocycles. The van der Waals surface area contributed by atoms with Gasteiger partial charge in [-0.25, -0.2) is 4.52 Å². The van der Waals surface area contributed by atoms with Crippen LogP contribution in [0.1, 0.15) is 22.6 Å². The van der Waals surface area contributed by atoms with E-state index in [0.29, 0.717) is 22.7 Å². The van der Waals surface area contributed by atoms with Gasteiger partial charge in [-0.1, -0.05) is 17.7 Å². The smallest absolute Gasteiger partial charge is 0.205 e. The molecule has 0 spiro atoms. The summed E-state index contributed by atoms with van der Waals surface area (Å²) in [6, 6.07) is 9.72. The molecule has 0 amide bonds. The Kier molecular flexibility index (Phi) is 3.35. The molecule has 0 atom stereocenters. The van der Waals surface area contributed by atoms with Crippen molar-refractivity contribution < 1.29 is 0 Å². The van der Waals surface area contributed by atoms with E-state index in [1.165, 1.54) is 0 Å². The molecule has 0 fully saturated rings. The number of benzene rings is 1. The molecule has 3 rings (SSSR count). The van der Waals surface area contributed by atoms with Gasteiger partial charge in [0.15, 0.2) is 11.4 Å². The third-order valence-corrected chi connectivity index (χ3v) is 3.32. The van der Waals surface area contributed by atoms with Crippen molar-refractivity contribution in [3.8, 4) is 6.07 Å². The highest BCUT2D eigenvalue weighted by molar-refractivity contribution is 5.66. The van der Waals surface area contributed by atoms with Crippen molar-refractivity contribution in [3.05, 3.63) is 46.9 Å². The lowest BCUT2D eigenvalue weighted by Gasteiger charge is -1.98. The van der Waals surface area contributed by atoms with Crippen molar-refractivity contribution >= 4 is 17.0 Å². The molecule has 0 aliphatic carbocycles. The van der Waals surface area contributed by atoms with E-state index in [1.54, 1.807) is 11.4 Å². The van der Waals surface area contributed by atoms with Gasteiger partial charge in [0.05, 0.1) is 17.1 Å². The number of aromatic nitrogens is 4. The molecule has 7 heteroatoms. The molecule has 1 aromatic carbocycles. The molecule has 2 heterocycles. The minimum atomic E-state index is 0.247. The Morgan fingerprint density at radius 3 is 2.45 bits per heavy atom. The van der Waals surface area contributed by atoms with E-state index >= 15 is 0 Å². The second-order valence-corrected chi connectivity index (χ2v) is 4.95. The van der Waals surface area contributed by atoms with E-state index in [-0.39, 0.29) is 5.69 Å². The highest BCUT2D eigenvalue weighted by Crippen LogP contribution is 2.26. The van der Waals surface area contributed by atoms with Crippen molar-refractivity contribution in [1.82, 2.24) is 19.8 Å². The normalized spacial score (nSPS) is 11.2. The minimum Gasteiger partial charge on any atom is -0.213 e. The minimum absolute atomic E-state index is 0.247. The van der Waals surface area contributed by atoms with Gasteiger partial charge in [0, 0.05) is 0 Å². The molecule has 0 aliphatic rings. The number of hydrogen-bond donors (Lipinski definition) is 0. The Balaban J connectivity index is 2.08. The maximum absolute atomic E-state index is 8.99. The Labute approximate surface area is 127 Å². The maximum Gasteiger partial charge on any atom is 0.205 e. The van der Waals surface area contributed by atoms with Crippen LogP contribution < -0.4 is 0 Å². The molecule has 0 saturated carbocycles. The number of fused-ring (bicyclic) bond motifs is 1. The van der Waals surface area contributed by atoms with E-state index in [4.69, 9.17) is 5.26 Å². The zero-order chi connectivity index (χ0) is 15.7. The number of azo groups is 1. The molecule has 108 valence electrons. The van der Waals surface area contributed by atoms with E-state index in [0.717, 1.165) is 11.3 Å². The highest BCUT2D eigenvalue weighted by atomic mass is 15.3. The van der Waals surface area contributed by atoms with E-state index in [9.17, 15) is 0 Å². The van der Waals surface area contributed by atoms with E-state index in [1.807, 2.05) is 44.2 Å². The number of rotatable bonds is 2. The van der Waals surface area contributed by atoms with Crippen LogP contribution in [0.2, 0.25) is 0 Å². The van der Waals surface area contributed by atoms with Crippen LogP contribution in [-0.2, 0) is 0 Å². The van der Waals surface area contributed by atoms with Gasteiger partial charge >= 0.3 is 0 Å². The van der Waals surface area contributed by atoms with Crippen molar-refractivity contribution in [2.45, 2.75) is 20.8 Å². The van der Waals surface area contributed by atoms with Gasteiger partial charge in [0.1, 0.15) is 6.07 Å². The summed E-state index contributed by atoms with van der Waals surface area (Å²) >= 11 is 0. The average Bonchev–Trinajstić information content (AvgIpc) is 2.84. The van der Waals surface area contributed by atoms with Gasteiger partial charge in [-0.2, -0.15) is 15.5 Å². The third kappa shape index (κ3) is 2.31. The quantitative estimate of drug-likeness (QED) is 0.677. The monoisotopic (exact) mass is 291 g/mol. The van der Waals surface area contributed by atoms with Crippen molar-refractivity contribution in [2.75, 3.05) is 0 Å². The molecule has 0 radical (unpaired) electrons. The topological polar surface area (TPSA) is 91.6 Å². The van der Waals surface area contributed by atoms with Gasteiger partial charge in [0.2, 0.25) is 5.65 Å². The Hall–Kier alpha value is -3.14. The first-order valence-electron chi connectivity index (χ1n) is 6.71. The fraction of sp³-hybridized carbons (Fsp3) is 0.200. The molecule has 0 aliphatic heterocycles. The molecular formula is C15H13N7. The predicted octanol–water partition coefficient (Wildman–Crippen LogP) is 3.34.